The molecule has 3 heteroatoms. The third-order valence-corrected chi connectivity index (χ3v) is 10.9. The Kier molecular flexibility index (Phi) is 6.45. The van der Waals surface area contributed by atoms with Gasteiger partial charge in [-0.1, -0.05) is 13.8 Å². The lowest BCUT2D eigenvalue weighted by Gasteiger charge is -2.63. The Morgan fingerprint density at radius 3 is 2.60 bits per heavy atom. The summed E-state index contributed by atoms with van der Waals surface area (Å²) in [4.78, 5) is 10.9. The summed E-state index contributed by atoms with van der Waals surface area (Å²) in [7, 11) is 1.85. The Morgan fingerprint density at radius 2 is 1.87 bits per heavy atom. The maximum Gasteiger partial charge on any atom is 0.120 e. The molecule has 0 aromatic carbocycles. The molecule has 0 aromatic heterocycles. The number of ether oxygens (including phenoxy) is 1. The number of aliphatic hydroxyl groups is 1. The summed E-state index contributed by atoms with van der Waals surface area (Å²) >= 11 is 0. The topological polar surface area (TPSA) is 46.5 Å². The van der Waals surface area contributed by atoms with Crippen LogP contribution in [0, 0.1) is 46.3 Å². The molecule has 0 spiro atoms. The SMILES string of the molecule is COCC[C@]12CC[C@](C)(O)C[C@@H]1CC[C@H]1[C@@H]3CC[C@H]([C@H](C)CCC=O)[C@@]3(C)CC[C@@H]12. The molecule has 4 fully saturated rings. The van der Waals surface area contributed by atoms with Crippen molar-refractivity contribution in [2.24, 2.45) is 46.3 Å². The molecule has 0 amide bonds. The second-order valence-corrected chi connectivity index (χ2v) is 12.3. The van der Waals surface area contributed by atoms with Crippen LogP contribution in [0.25, 0.3) is 0 Å². The maximum absolute atomic E-state index is 10.9. The van der Waals surface area contributed by atoms with E-state index >= 15 is 0 Å². The summed E-state index contributed by atoms with van der Waals surface area (Å²) in [5.41, 5.74) is 0.395. The zero-order valence-corrected chi connectivity index (χ0v) is 20.0. The number of methoxy groups -OCH3 is 1. The van der Waals surface area contributed by atoms with Crippen molar-refractivity contribution in [3.63, 3.8) is 0 Å². The average molecular weight is 419 g/mol. The summed E-state index contributed by atoms with van der Waals surface area (Å²) < 4.78 is 5.62. The van der Waals surface area contributed by atoms with E-state index in [-0.39, 0.29) is 0 Å². The monoisotopic (exact) mass is 418 g/mol. The molecule has 9 atom stereocenters. The van der Waals surface area contributed by atoms with E-state index < -0.39 is 5.60 Å². The zero-order chi connectivity index (χ0) is 21.6. The summed E-state index contributed by atoms with van der Waals surface area (Å²) in [6.45, 7) is 7.96. The molecular formula is C27H46O3. The van der Waals surface area contributed by atoms with Gasteiger partial charge in [0.15, 0.2) is 0 Å². The molecule has 1 N–H and O–H groups in total. The van der Waals surface area contributed by atoms with Gasteiger partial charge in [0.2, 0.25) is 0 Å². The quantitative estimate of drug-likeness (QED) is 0.514. The van der Waals surface area contributed by atoms with Crippen molar-refractivity contribution in [2.75, 3.05) is 13.7 Å². The van der Waals surface area contributed by atoms with E-state index in [9.17, 15) is 9.90 Å². The van der Waals surface area contributed by atoms with Crippen LogP contribution in [0.4, 0.5) is 0 Å². The Morgan fingerprint density at radius 1 is 1.07 bits per heavy atom. The van der Waals surface area contributed by atoms with Gasteiger partial charge in [0.05, 0.1) is 5.60 Å². The molecule has 4 aliphatic carbocycles. The largest absolute Gasteiger partial charge is 0.390 e. The van der Waals surface area contributed by atoms with Crippen LogP contribution in [0.3, 0.4) is 0 Å². The van der Waals surface area contributed by atoms with E-state index in [1.54, 1.807) is 0 Å². The van der Waals surface area contributed by atoms with Crippen molar-refractivity contribution in [3.05, 3.63) is 0 Å². The van der Waals surface area contributed by atoms with E-state index in [2.05, 4.69) is 20.8 Å². The smallest absolute Gasteiger partial charge is 0.120 e. The Balaban J connectivity index is 1.57. The fourth-order valence-corrected chi connectivity index (χ4v) is 9.53. The minimum Gasteiger partial charge on any atom is -0.390 e. The normalized spacial score (nSPS) is 49.0. The molecule has 0 unspecified atom stereocenters. The van der Waals surface area contributed by atoms with Crippen molar-refractivity contribution < 1.29 is 14.6 Å². The van der Waals surface area contributed by atoms with Gasteiger partial charge in [-0.25, -0.2) is 0 Å². The fraction of sp³-hybridized carbons (Fsp3) is 0.963. The Bertz CT molecular complexity index is 615. The first-order valence-corrected chi connectivity index (χ1v) is 12.9. The number of hydrogen-bond donors (Lipinski definition) is 1. The average Bonchev–Trinajstić information content (AvgIpc) is 3.07. The molecule has 3 nitrogen and oxygen atoms in total. The van der Waals surface area contributed by atoms with Gasteiger partial charge in [-0.3, -0.25) is 0 Å². The minimum absolute atomic E-state index is 0.393. The number of carbonyl (C=O) groups excluding carboxylic acids is 1. The van der Waals surface area contributed by atoms with Gasteiger partial charge in [0.1, 0.15) is 6.29 Å². The van der Waals surface area contributed by atoms with E-state index in [4.69, 9.17) is 4.74 Å². The number of fused-ring (bicyclic) bond motifs is 5. The number of carbonyl (C=O) groups is 1. The van der Waals surface area contributed by atoms with Gasteiger partial charge >= 0.3 is 0 Å². The van der Waals surface area contributed by atoms with E-state index in [0.717, 1.165) is 62.2 Å². The lowest BCUT2D eigenvalue weighted by Crippen LogP contribution is -2.57. The van der Waals surface area contributed by atoms with Gasteiger partial charge in [0.25, 0.3) is 0 Å². The maximum atomic E-state index is 10.9. The molecule has 0 radical (unpaired) electrons. The summed E-state index contributed by atoms with van der Waals surface area (Å²) in [5, 5.41) is 10.9. The van der Waals surface area contributed by atoms with Crippen molar-refractivity contribution in [2.45, 2.75) is 103 Å². The van der Waals surface area contributed by atoms with Crippen LogP contribution in [0.2, 0.25) is 0 Å². The second kappa shape index (κ2) is 8.50. The van der Waals surface area contributed by atoms with Crippen LogP contribution >= 0.6 is 0 Å². The number of hydrogen-bond acceptors (Lipinski definition) is 3. The molecule has 30 heavy (non-hydrogen) atoms. The molecule has 0 heterocycles. The highest BCUT2D eigenvalue weighted by Crippen LogP contribution is 2.69. The Hall–Kier alpha value is -0.410. The minimum atomic E-state index is -0.469. The lowest BCUT2D eigenvalue weighted by molar-refractivity contribution is -0.163. The predicted molar refractivity (Wildman–Crippen MR) is 121 cm³/mol. The summed E-state index contributed by atoms with van der Waals surface area (Å²) in [6.07, 6.45) is 15.4. The van der Waals surface area contributed by atoms with E-state index in [0.29, 0.717) is 22.7 Å². The highest BCUT2D eigenvalue weighted by molar-refractivity contribution is 5.49. The predicted octanol–water partition coefficient (Wildman–Crippen LogP) is 6.03. The van der Waals surface area contributed by atoms with Gasteiger partial charge in [-0.2, -0.15) is 0 Å². The molecule has 4 saturated carbocycles. The molecular weight excluding hydrogens is 372 g/mol. The Labute approximate surface area is 184 Å². The first-order valence-electron chi connectivity index (χ1n) is 12.9. The molecule has 0 aliphatic heterocycles. The van der Waals surface area contributed by atoms with E-state index in [1.807, 2.05) is 7.11 Å². The molecule has 0 saturated heterocycles. The van der Waals surface area contributed by atoms with Gasteiger partial charge in [-0.05, 0) is 124 Å². The first kappa shape index (κ1) is 22.8. The van der Waals surface area contributed by atoms with Crippen LogP contribution in [-0.2, 0) is 9.53 Å². The fourth-order valence-electron chi connectivity index (χ4n) is 9.53. The zero-order valence-electron chi connectivity index (χ0n) is 20.0. The molecule has 172 valence electrons. The van der Waals surface area contributed by atoms with Gasteiger partial charge in [-0.15, -0.1) is 0 Å². The first-order chi connectivity index (χ1) is 14.3. The third kappa shape index (κ3) is 3.70. The summed E-state index contributed by atoms with van der Waals surface area (Å²) in [6, 6.07) is 0. The molecule has 0 bridgehead atoms. The molecule has 4 aliphatic rings. The van der Waals surface area contributed by atoms with Crippen LogP contribution in [0.1, 0.15) is 97.8 Å². The second-order valence-electron chi connectivity index (χ2n) is 12.3. The van der Waals surface area contributed by atoms with Gasteiger partial charge < -0.3 is 14.6 Å². The van der Waals surface area contributed by atoms with Crippen LogP contribution in [0.5, 0.6) is 0 Å². The molecule has 0 aromatic rings. The summed E-state index contributed by atoms with van der Waals surface area (Å²) in [5.74, 6) is 4.69. The standard InChI is InChI=1S/C27H46O3/c1-19(6-5-16-28)22-9-10-23-21-8-7-20-18-25(2,29)13-14-27(20,15-17-30-4)24(21)11-12-26(22,23)3/h16,19-24,29H,5-15,17-18H2,1-4H3/t19-,20+,21+,22-,23+,24+,25+,26-,27-/m1/s1. The van der Waals surface area contributed by atoms with Crippen molar-refractivity contribution in [1.82, 2.24) is 0 Å². The van der Waals surface area contributed by atoms with E-state index in [1.165, 1.54) is 51.4 Å². The van der Waals surface area contributed by atoms with Gasteiger partial charge in [0, 0.05) is 20.1 Å². The number of aldehydes is 1. The van der Waals surface area contributed by atoms with Crippen molar-refractivity contribution >= 4 is 6.29 Å². The highest BCUT2D eigenvalue weighted by atomic mass is 16.5. The van der Waals surface area contributed by atoms with Crippen LogP contribution < -0.4 is 0 Å². The lowest BCUT2D eigenvalue weighted by atomic mass is 9.42. The van der Waals surface area contributed by atoms with Crippen LogP contribution in [-0.4, -0.2) is 30.7 Å². The van der Waals surface area contributed by atoms with Crippen molar-refractivity contribution in [1.29, 1.82) is 0 Å². The highest BCUT2D eigenvalue weighted by Gasteiger charge is 2.62. The molecule has 4 rings (SSSR count). The van der Waals surface area contributed by atoms with Crippen LogP contribution in [0.15, 0.2) is 0 Å². The number of rotatable bonds is 7. The third-order valence-electron chi connectivity index (χ3n) is 10.9. The van der Waals surface area contributed by atoms with Crippen molar-refractivity contribution in [3.8, 4) is 0 Å².